The number of hydrogen-bond acceptors (Lipinski definition) is 5. The molecule has 2 aromatic rings. The van der Waals surface area contributed by atoms with Gasteiger partial charge in [0.2, 0.25) is 5.91 Å². The number of methoxy groups -OCH3 is 2. The summed E-state index contributed by atoms with van der Waals surface area (Å²) in [6.07, 6.45) is 3.47. The van der Waals surface area contributed by atoms with Crippen LogP contribution in [-0.4, -0.2) is 32.1 Å². The number of rotatable bonds is 5. The van der Waals surface area contributed by atoms with Gasteiger partial charge in [0.25, 0.3) is 5.91 Å². The molecule has 1 aliphatic heterocycles. The van der Waals surface area contributed by atoms with Gasteiger partial charge < -0.3 is 14.8 Å². The summed E-state index contributed by atoms with van der Waals surface area (Å²) >= 11 is 0. The molecule has 0 saturated carbocycles. The lowest BCUT2D eigenvalue weighted by atomic mass is 10.1. The monoisotopic (exact) mass is 366 g/mol. The summed E-state index contributed by atoms with van der Waals surface area (Å²) in [6, 6.07) is 10.6. The van der Waals surface area contributed by atoms with Crippen LogP contribution in [0.25, 0.3) is 0 Å². The lowest BCUT2D eigenvalue weighted by Crippen LogP contribution is -2.35. The highest BCUT2D eigenvalue weighted by Crippen LogP contribution is 2.36. The zero-order valence-corrected chi connectivity index (χ0v) is 15.5. The lowest BCUT2D eigenvalue weighted by Gasteiger charge is -2.19. The topological polar surface area (TPSA) is 67.9 Å². The van der Waals surface area contributed by atoms with Crippen molar-refractivity contribution in [3.05, 3.63) is 47.5 Å². The van der Waals surface area contributed by atoms with Crippen LogP contribution in [0.4, 0.5) is 11.4 Å². The van der Waals surface area contributed by atoms with Gasteiger partial charge in [0.15, 0.2) is 0 Å². The molecule has 1 saturated heterocycles. The third kappa shape index (κ3) is 3.12. The highest BCUT2D eigenvalue weighted by molar-refractivity contribution is 6.23. The molecule has 1 aliphatic carbocycles. The Bertz CT molecular complexity index is 909. The summed E-state index contributed by atoms with van der Waals surface area (Å²) in [6.45, 7) is 0. The molecule has 2 aromatic carbocycles. The molecule has 0 radical (unpaired) electrons. The first-order valence-electron chi connectivity index (χ1n) is 9.08. The Labute approximate surface area is 158 Å². The number of nitrogens with zero attached hydrogens (tertiary/aromatic N) is 1. The van der Waals surface area contributed by atoms with Gasteiger partial charge in [0.1, 0.15) is 17.5 Å². The molecule has 2 amide bonds. The first-order chi connectivity index (χ1) is 13.1. The van der Waals surface area contributed by atoms with Crippen LogP contribution in [0.1, 0.15) is 24.0 Å². The lowest BCUT2D eigenvalue weighted by molar-refractivity contribution is -0.121. The van der Waals surface area contributed by atoms with Gasteiger partial charge in [-0.2, -0.15) is 0 Å². The van der Waals surface area contributed by atoms with E-state index in [2.05, 4.69) is 17.4 Å². The van der Waals surface area contributed by atoms with Crippen LogP contribution in [0.5, 0.6) is 11.5 Å². The molecule has 0 unspecified atom stereocenters. The minimum Gasteiger partial charge on any atom is -0.497 e. The SMILES string of the molecule is COc1ccc(N2C(=O)C[C@@H](Nc3ccc4c(c3)CCC4)C2=O)c(OC)c1. The van der Waals surface area contributed by atoms with Crippen molar-refractivity contribution in [1.82, 2.24) is 0 Å². The van der Waals surface area contributed by atoms with Crippen LogP contribution in [0.3, 0.4) is 0 Å². The minimum atomic E-state index is -0.580. The molecule has 1 atom stereocenters. The number of nitrogens with one attached hydrogen (secondary N) is 1. The van der Waals surface area contributed by atoms with Crippen molar-refractivity contribution < 1.29 is 19.1 Å². The van der Waals surface area contributed by atoms with Crippen LogP contribution in [-0.2, 0) is 22.4 Å². The van der Waals surface area contributed by atoms with E-state index in [0.717, 1.165) is 18.5 Å². The Hall–Kier alpha value is -3.02. The van der Waals surface area contributed by atoms with Gasteiger partial charge in [0.05, 0.1) is 26.3 Å². The van der Waals surface area contributed by atoms with Gasteiger partial charge in [-0.1, -0.05) is 6.07 Å². The van der Waals surface area contributed by atoms with Crippen LogP contribution in [0.15, 0.2) is 36.4 Å². The first-order valence-corrected chi connectivity index (χ1v) is 9.08. The number of imide groups is 1. The standard InChI is InChI=1S/C21H22N2O4/c1-26-16-8-9-18(19(11-16)27-2)23-20(24)12-17(21(23)25)22-15-7-6-13-4-3-5-14(13)10-15/h6-11,17,22H,3-5,12H2,1-2H3/t17-/m1/s1. The fraction of sp³-hybridized carbons (Fsp3) is 0.333. The zero-order chi connectivity index (χ0) is 19.0. The number of hydrogen-bond donors (Lipinski definition) is 1. The summed E-state index contributed by atoms with van der Waals surface area (Å²) < 4.78 is 10.5. The number of anilines is 2. The predicted octanol–water partition coefficient (Wildman–Crippen LogP) is 2.94. The van der Waals surface area contributed by atoms with E-state index in [0.29, 0.717) is 17.2 Å². The summed E-state index contributed by atoms with van der Waals surface area (Å²) in [5.74, 6) is 0.503. The zero-order valence-electron chi connectivity index (χ0n) is 15.5. The number of amides is 2. The number of fused-ring (bicyclic) bond motifs is 1. The fourth-order valence-electron chi connectivity index (χ4n) is 3.83. The molecule has 1 fully saturated rings. The van der Waals surface area contributed by atoms with Gasteiger partial charge in [-0.15, -0.1) is 0 Å². The number of carbonyl (C=O) groups is 2. The van der Waals surface area contributed by atoms with E-state index in [9.17, 15) is 9.59 Å². The molecule has 2 aliphatic rings. The molecular weight excluding hydrogens is 344 g/mol. The van der Waals surface area contributed by atoms with Crippen LogP contribution >= 0.6 is 0 Å². The van der Waals surface area contributed by atoms with Crippen molar-refractivity contribution in [2.75, 3.05) is 24.4 Å². The molecule has 1 N–H and O–H groups in total. The average molecular weight is 366 g/mol. The number of carbonyl (C=O) groups excluding carboxylic acids is 2. The van der Waals surface area contributed by atoms with E-state index in [1.807, 2.05) is 6.07 Å². The number of benzene rings is 2. The van der Waals surface area contributed by atoms with Gasteiger partial charge in [-0.05, 0) is 54.7 Å². The van der Waals surface area contributed by atoms with E-state index in [-0.39, 0.29) is 18.2 Å². The Morgan fingerprint density at radius 2 is 1.81 bits per heavy atom. The van der Waals surface area contributed by atoms with Crippen molar-refractivity contribution in [2.45, 2.75) is 31.7 Å². The quantitative estimate of drug-likeness (QED) is 0.824. The molecular formula is C21H22N2O4. The maximum Gasteiger partial charge on any atom is 0.256 e. The van der Waals surface area contributed by atoms with Crippen molar-refractivity contribution in [3.63, 3.8) is 0 Å². The molecule has 6 nitrogen and oxygen atoms in total. The highest BCUT2D eigenvalue weighted by Gasteiger charge is 2.41. The summed E-state index contributed by atoms with van der Waals surface area (Å²) in [4.78, 5) is 26.7. The molecule has 0 spiro atoms. The molecule has 0 bridgehead atoms. The van der Waals surface area contributed by atoms with Crippen molar-refractivity contribution in [2.24, 2.45) is 0 Å². The predicted molar refractivity (Wildman–Crippen MR) is 103 cm³/mol. The number of aryl methyl sites for hydroxylation is 2. The third-order valence-electron chi connectivity index (χ3n) is 5.21. The van der Waals surface area contributed by atoms with Crippen LogP contribution in [0, 0.1) is 0 Å². The molecule has 6 heteroatoms. The average Bonchev–Trinajstić information content (AvgIpc) is 3.25. The van der Waals surface area contributed by atoms with Crippen LogP contribution < -0.4 is 19.7 Å². The molecule has 0 aromatic heterocycles. The summed E-state index contributed by atoms with van der Waals surface area (Å²) in [5, 5.41) is 3.23. The Balaban J connectivity index is 1.57. The highest BCUT2D eigenvalue weighted by atomic mass is 16.5. The molecule has 4 rings (SSSR count). The van der Waals surface area contributed by atoms with Crippen molar-refractivity contribution >= 4 is 23.2 Å². The second-order valence-electron chi connectivity index (χ2n) is 6.84. The van der Waals surface area contributed by atoms with Crippen molar-refractivity contribution in [3.8, 4) is 11.5 Å². The smallest absolute Gasteiger partial charge is 0.256 e. The maximum atomic E-state index is 12.9. The van der Waals surface area contributed by atoms with E-state index in [1.54, 1.807) is 25.3 Å². The Morgan fingerprint density at radius 1 is 1.00 bits per heavy atom. The van der Waals surface area contributed by atoms with Crippen molar-refractivity contribution in [1.29, 1.82) is 0 Å². The summed E-state index contributed by atoms with van der Waals surface area (Å²) in [5.41, 5.74) is 4.02. The summed E-state index contributed by atoms with van der Waals surface area (Å²) in [7, 11) is 3.06. The second kappa shape index (κ2) is 6.95. The van der Waals surface area contributed by atoms with Gasteiger partial charge >= 0.3 is 0 Å². The largest absolute Gasteiger partial charge is 0.497 e. The van der Waals surface area contributed by atoms with Gasteiger partial charge in [-0.3, -0.25) is 9.59 Å². The van der Waals surface area contributed by atoms with Crippen LogP contribution in [0.2, 0.25) is 0 Å². The maximum absolute atomic E-state index is 12.9. The fourth-order valence-corrected chi connectivity index (χ4v) is 3.83. The van der Waals surface area contributed by atoms with Gasteiger partial charge in [0, 0.05) is 11.8 Å². The minimum absolute atomic E-state index is 0.116. The molecule has 27 heavy (non-hydrogen) atoms. The van der Waals surface area contributed by atoms with Gasteiger partial charge in [-0.25, -0.2) is 4.90 Å². The first kappa shape index (κ1) is 17.4. The Morgan fingerprint density at radius 3 is 2.59 bits per heavy atom. The number of ether oxygens (including phenoxy) is 2. The normalized spacial score (nSPS) is 18.6. The van der Waals surface area contributed by atoms with E-state index in [4.69, 9.17) is 9.47 Å². The van der Waals surface area contributed by atoms with E-state index >= 15 is 0 Å². The third-order valence-corrected chi connectivity index (χ3v) is 5.21. The Kier molecular flexibility index (Phi) is 4.48. The second-order valence-corrected chi connectivity index (χ2v) is 6.84. The molecule has 1 heterocycles. The van der Waals surface area contributed by atoms with E-state index in [1.165, 1.54) is 29.6 Å². The molecule has 140 valence electrons. The van der Waals surface area contributed by atoms with E-state index < -0.39 is 6.04 Å².